The third kappa shape index (κ3) is 3.49. The van der Waals surface area contributed by atoms with E-state index < -0.39 is 0 Å². The summed E-state index contributed by atoms with van der Waals surface area (Å²) in [5.41, 5.74) is 5.10. The number of amides is 2. The Labute approximate surface area is 150 Å². The molecule has 2 aromatic carbocycles. The third-order valence-corrected chi connectivity index (χ3v) is 3.90. The van der Waals surface area contributed by atoms with Crippen LogP contribution in [0.2, 0.25) is 0 Å². The molecule has 0 radical (unpaired) electrons. The van der Waals surface area contributed by atoms with Crippen molar-refractivity contribution in [2.75, 3.05) is 26.8 Å². The van der Waals surface area contributed by atoms with Crippen molar-refractivity contribution in [1.29, 1.82) is 0 Å². The zero-order chi connectivity index (χ0) is 18.5. The number of nitrogens with one attached hydrogen (secondary N) is 2. The topological polar surface area (TPSA) is 86.6 Å². The van der Waals surface area contributed by atoms with E-state index in [1.165, 1.54) is 0 Å². The minimum absolute atomic E-state index is 0.252. The molecule has 0 spiro atoms. The monoisotopic (exact) mass is 356 g/mol. The van der Waals surface area contributed by atoms with Gasteiger partial charge in [-0.05, 0) is 18.2 Å². The number of para-hydroxylation sites is 2. The average molecular weight is 356 g/mol. The van der Waals surface area contributed by atoms with Crippen LogP contribution < -0.4 is 25.0 Å². The Morgan fingerprint density at radius 2 is 1.73 bits per heavy atom. The zero-order valence-corrected chi connectivity index (χ0v) is 14.8. The first-order valence-electron chi connectivity index (χ1n) is 7.92. The molecule has 0 aliphatic heterocycles. The summed E-state index contributed by atoms with van der Waals surface area (Å²) in [6, 6.07) is 10.6. The molecule has 0 fully saturated rings. The van der Waals surface area contributed by atoms with Crippen LogP contribution in [-0.4, -0.2) is 37.0 Å². The quantitative estimate of drug-likeness (QED) is 0.709. The highest BCUT2D eigenvalue weighted by Gasteiger charge is 2.13. The second-order valence-electron chi connectivity index (χ2n) is 5.42. The van der Waals surface area contributed by atoms with Crippen LogP contribution >= 0.6 is 0 Å². The van der Waals surface area contributed by atoms with Crippen LogP contribution in [0.1, 0.15) is 5.56 Å². The lowest BCUT2D eigenvalue weighted by molar-refractivity contribution is 0.249. The van der Waals surface area contributed by atoms with Crippen LogP contribution in [0.15, 0.2) is 42.7 Å². The molecule has 0 aliphatic carbocycles. The van der Waals surface area contributed by atoms with Crippen molar-refractivity contribution in [3.63, 3.8) is 0 Å². The third-order valence-electron chi connectivity index (χ3n) is 3.90. The van der Waals surface area contributed by atoms with Gasteiger partial charge in [-0.25, -0.2) is 19.9 Å². The van der Waals surface area contributed by atoms with Gasteiger partial charge in [0.2, 0.25) is 0 Å². The fourth-order valence-corrected chi connectivity index (χ4v) is 2.60. The van der Waals surface area contributed by atoms with E-state index >= 15 is 0 Å². The number of benzene rings is 2. The molecule has 0 saturated heterocycles. The van der Waals surface area contributed by atoms with Crippen molar-refractivity contribution in [2.24, 2.45) is 0 Å². The van der Waals surface area contributed by atoms with Gasteiger partial charge in [0, 0.05) is 18.2 Å². The molecular formula is C18H20N4O4. The summed E-state index contributed by atoms with van der Waals surface area (Å²) in [6.45, 7) is 0.252. The molecule has 1 aromatic heterocycles. The molecule has 0 bridgehead atoms. The molecule has 0 aliphatic rings. The summed E-state index contributed by atoms with van der Waals surface area (Å²) in [4.78, 5) is 16.5. The smallest absolute Gasteiger partial charge is 0.334 e. The average Bonchev–Trinajstić information content (AvgIpc) is 3.08. The van der Waals surface area contributed by atoms with Crippen molar-refractivity contribution in [2.45, 2.75) is 6.54 Å². The van der Waals surface area contributed by atoms with Gasteiger partial charge in [0.05, 0.1) is 32.4 Å². The summed E-state index contributed by atoms with van der Waals surface area (Å²) in [5.74, 6) is 1.71. The van der Waals surface area contributed by atoms with Crippen molar-refractivity contribution >= 4 is 17.1 Å². The fraction of sp³-hybridized carbons (Fsp3) is 0.222. The molecule has 26 heavy (non-hydrogen) atoms. The van der Waals surface area contributed by atoms with E-state index in [0.29, 0.717) is 17.2 Å². The molecule has 1 heterocycles. The lowest BCUT2D eigenvalue weighted by atomic mass is 10.1. The van der Waals surface area contributed by atoms with Crippen molar-refractivity contribution in [1.82, 2.24) is 15.0 Å². The predicted octanol–water partition coefficient (Wildman–Crippen LogP) is 2.52. The van der Waals surface area contributed by atoms with Gasteiger partial charge >= 0.3 is 6.03 Å². The number of imidazole rings is 1. The van der Waals surface area contributed by atoms with Gasteiger partial charge in [-0.1, -0.05) is 12.1 Å². The molecule has 0 unspecified atom stereocenters. The summed E-state index contributed by atoms with van der Waals surface area (Å²) < 4.78 is 17.5. The van der Waals surface area contributed by atoms with Crippen LogP contribution in [0.25, 0.3) is 11.0 Å². The van der Waals surface area contributed by atoms with E-state index in [-0.39, 0.29) is 12.6 Å². The van der Waals surface area contributed by atoms with E-state index in [4.69, 9.17) is 14.2 Å². The van der Waals surface area contributed by atoms with Crippen LogP contribution in [-0.2, 0) is 6.54 Å². The van der Waals surface area contributed by atoms with E-state index in [1.807, 2.05) is 24.3 Å². The highest BCUT2D eigenvalue weighted by molar-refractivity contribution is 5.85. The first kappa shape index (κ1) is 17.4. The van der Waals surface area contributed by atoms with Gasteiger partial charge in [-0.3, -0.25) is 0 Å². The van der Waals surface area contributed by atoms with Gasteiger partial charge in [0.25, 0.3) is 0 Å². The van der Waals surface area contributed by atoms with Crippen LogP contribution in [0.4, 0.5) is 4.79 Å². The van der Waals surface area contributed by atoms with E-state index in [2.05, 4.69) is 15.7 Å². The molecule has 8 nitrogen and oxygen atoms in total. The molecule has 3 aromatic rings. The van der Waals surface area contributed by atoms with E-state index in [0.717, 1.165) is 16.6 Å². The number of hydrogen-bond donors (Lipinski definition) is 2. The van der Waals surface area contributed by atoms with Gasteiger partial charge in [-0.2, -0.15) is 0 Å². The minimum Gasteiger partial charge on any atom is -0.496 e. The van der Waals surface area contributed by atoms with Gasteiger partial charge in [-0.15, -0.1) is 0 Å². The molecular weight excluding hydrogens is 336 g/mol. The lowest BCUT2D eigenvalue weighted by Crippen LogP contribution is -2.33. The molecule has 0 atom stereocenters. The largest absolute Gasteiger partial charge is 0.496 e. The molecule has 2 N–H and O–H groups in total. The SMILES string of the molecule is COc1cc(OC)c(OC)cc1CNC(=O)Nn1cnc2ccccc21. The molecule has 0 saturated carbocycles. The number of urea groups is 1. The number of fused-ring (bicyclic) bond motifs is 1. The standard InChI is InChI=1S/C18H20N4O4/c1-24-15-9-17(26-3)16(25-2)8-12(15)10-19-18(23)21-22-11-20-13-6-4-5-7-14(13)22/h4-9,11H,10H2,1-3H3,(H2,19,21,23). The van der Waals surface area contributed by atoms with E-state index in [1.54, 1.807) is 44.5 Å². The van der Waals surface area contributed by atoms with Crippen molar-refractivity contribution in [3.8, 4) is 17.2 Å². The maximum Gasteiger partial charge on any atom is 0.334 e. The predicted molar refractivity (Wildman–Crippen MR) is 97.4 cm³/mol. The Balaban J connectivity index is 1.71. The zero-order valence-electron chi connectivity index (χ0n) is 14.8. The Morgan fingerprint density at radius 3 is 2.46 bits per heavy atom. The van der Waals surface area contributed by atoms with Crippen LogP contribution in [0.3, 0.4) is 0 Å². The first-order valence-corrected chi connectivity index (χ1v) is 7.92. The van der Waals surface area contributed by atoms with Gasteiger partial charge in [0.15, 0.2) is 11.5 Å². The summed E-state index contributed by atoms with van der Waals surface area (Å²) in [5, 5.41) is 2.79. The maximum absolute atomic E-state index is 12.2. The maximum atomic E-state index is 12.2. The van der Waals surface area contributed by atoms with Gasteiger partial charge in [0.1, 0.15) is 12.1 Å². The number of aromatic nitrogens is 2. The van der Waals surface area contributed by atoms with Crippen LogP contribution in [0.5, 0.6) is 17.2 Å². The summed E-state index contributed by atoms with van der Waals surface area (Å²) in [7, 11) is 4.67. The fourth-order valence-electron chi connectivity index (χ4n) is 2.60. The molecule has 8 heteroatoms. The Kier molecular flexibility index (Phi) is 5.12. The number of rotatable bonds is 6. The van der Waals surface area contributed by atoms with Gasteiger partial charge < -0.3 is 19.5 Å². The first-order chi connectivity index (χ1) is 12.7. The normalized spacial score (nSPS) is 10.4. The minimum atomic E-state index is -0.370. The number of methoxy groups -OCH3 is 3. The molecule has 136 valence electrons. The van der Waals surface area contributed by atoms with Crippen molar-refractivity contribution < 1.29 is 19.0 Å². The lowest BCUT2D eigenvalue weighted by Gasteiger charge is -2.15. The van der Waals surface area contributed by atoms with Crippen LogP contribution in [0, 0.1) is 0 Å². The molecule has 2 amide bonds. The number of nitrogens with zero attached hydrogens (tertiary/aromatic N) is 2. The molecule has 3 rings (SSSR count). The Hall–Kier alpha value is -3.42. The number of hydrogen-bond acceptors (Lipinski definition) is 5. The summed E-state index contributed by atoms with van der Waals surface area (Å²) >= 11 is 0. The second kappa shape index (κ2) is 7.64. The highest BCUT2D eigenvalue weighted by atomic mass is 16.5. The number of ether oxygens (including phenoxy) is 3. The Bertz CT molecular complexity index is 923. The van der Waals surface area contributed by atoms with E-state index in [9.17, 15) is 4.79 Å². The second-order valence-corrected chi connectivity index (χ2v) is 5.42. The highest BCUT2D eigenvalue weighted by Crippen LogP contribution is 2.34. The number of carbonyl (C=O) groups is 1. The van der Waals surface area contributed by atoms with Crippen molar-refractivity contribution in [3.05, 3.63) is 48.3 Å². The summed E-state index contributed by atoms with van der Waals surface area (Å²) in [6.07, 6.45) is 1.56. The Morgan fingerprint density at radius 1 is 1.04 bits per heavy atom. The number of carbonyl (C=O) groups excluding carboxylic acids is 1.